The number of rotatable bonds is 7. The van der Waals surface area contributed by atoms with Crippen LogP contribution in [-0.4, -0.2) is 41.7 Å². The highest BCUT2D eigenvalue weighted by Crippen LogP contribution is 2.25. The SMILES string of the molecule is O=C(CN(CCCO)C1CCC1)Nc1ccc(Br)cc1F. The Morgan fingerprint density at radius 1 is 1.48 bits per heavy atom. The van der Waals surface area contributed by atoms with E-state index in [0.717, 1.165) is 12.8 Å². The maximum absolute atomic E-state index is 13.7. The first kappa shape index (κ1) is 16.4. The van der Waals surface area contributed by atoms with Crippen molar-refractivity contribution in [3.63, 3.8) is 0 Å². The fourth-order valence-corrected chi connectivity index (χ4v) is 2.71. The maximum Gasteiger partial charge on any atom is 0.238 e. The van der Waals surface area contributed by atoms with Gasteiger partial charge in [0.25, 0.3) is 0 Å². The van der Waals surface area contributed by atoms with E-state index in [0.29, 0.717) is 23.5 Å². The molecule has 21 heavy (non-hydrogen) atoms. The van der Waals surface area contributed by atoms with Gasteiger partial charge in [0.1, 0.15) is 5.82 Å². The average Bonchev–Trinajstić information content (AvgIpc) is 2.37. The van der Waals surface area contributed by atoms with Crippen molar-refractivity contribution in [2.45, 2.75) is 31.7 Å². The quantitative estimate of drug-likeness (QED) is 0.787. The Morgan fingerprint density at radius 3 is 2.81 bits per heavy atom. The van der Waals surface area contributed by atoms with E-state index in [1.807, 2.05) is 0 Å². The van der Waals surface area contributed by atoms with Gasteiger partial charge in [-0.1, -0.05) is 22.4 Å². The van der Waals surface area contributed by atoms with Crippen molar-refractivity contribution < 1.29 is 14.3 Å². The Labute approximate surface area is 132 Å². The minimum atomic E-state index is -0.455. The summed E-state index contributed by atoms with van der Waals surface area (Å²) in [5, 5.41) is 11.5. The van der Waals surface area contributed by atoms with E-state index in [1.165, 1.54) is 12.5 Å². The Kier molecular flexibility index (Phi) is 6.14. The first-order valence-electron chi connectivity index (χ1n) is 7.20. The summed E-state index contributed by atoms with van der Waals surface area (Å²) >= 11 is 3.18. The van der Waals surface area contributed by atoms with Crippen LogP contribution in [-0.2, 0) is 4.79 Å². The Hall–Kier alpha value is -0.980. The molecule has 0 bridgehead atoms. The maximum atomic E-state index is 13.7. The van der Waals surface area contributed by atoms with Gasteiger partial charge in [0.2, 0.25) is 5.91 Å². The zero-order chi connectivity index (χ0) is 15.2. The van der Waals surface area contributed by atoms with E-state index < -0.39 is 5.82 Å². The summed E-state index contributed by atoms with van der Waals surface area (Å²) < 4.78 is 14.3. The number of amides is 1. The molecule has 1 aliphatic rings. The molecular formula is C15H20BrFN2O2. The number of hydrogen-bond acceptors (Lipinski definition) is 3. The molecule has 1 saturated carbocycles. The number of carbonyl (C=O) groups excluding carboxylic acids is 1. The molecule has 1 fully saturated rings. The molecule has 0 atom stereocenters. The molecule has 1 aromatic carbocycles. The van der Waals surface area contributed by atoms with Gasteiger partial charge < -0.3 is 10.4 Å². The Morgan fingerprint density at radius 2 is 2.24 bits per heavy atom. The zero-order valence-corrected chi connectivity index (χ0v) is 13.4. The van der Waals surface area contributed by atoms with E-state index in [4.69, 9.17) is 5.11 Å². The van der Waals surface area contributed by atoms with Crippen LogP contribution in [0, 0.1) is 5.82 Å². The largest absolute Gasteiger partial charge is 0.396 e. The molecular weight excluding hydrogens is 339 g/mol. The minimum absolute atomic E-state index is 0.117. The topological polar surface area (TPSA) is 52.6 Å². The van der Waals surface area contributed by atoms with Crippen molar-refractivity contribution in [3.8, 4) is 0 Å². The third-order valence-electron chi connectivity index (χ3n) is 3.75. The first-order chi connectivity index (χ1) is 10.1. The Bertz CT molecular complexity index is 495. The third kappa shape index (κ3) is 4.76. The van der Waals surface area contributed by atoms with Gasteiger partial charge in [-0.05, 0) is 37.5 Å². The van der Waals surface area contributed by atoms with Crippen molar-refractivity contribution in [1.29, 1.82) is 0 Å². The van der Waals surface area contributed by atoms with Gasteiger partial charge >= 0.3 is 0 Å². The second kappa shape index (κ2) is 7.87. The first-order valence-corrected chi connectivity index (χ1v) is 7.99. The van der Waals surface area contributed by atoms with Crippen LogP contribution >= 0.6 is 15.9 Å². The van der Waals surface area contributed by atoms with Crippen LogP contribution in [0.15, 0.2) is 22.7 Å². The lowest BCUT2D eigenvalue weighted by Crippen LogP contribution is -2.45. The van der Waals surface area contributed by atoms with Crippen molar-refractivity contribution in [2.75, 3.05) is 25.0 Å². The molecule has 0 unspecified atom stereocenters. The molecule has 1 aliphatic carbocycles. The molecule has 4 nitrogen and oxygen atoms in total. The highest BCUT2D eigenvalue weighted by molar-refractivity contribution is 9.10. The zero-order valence-electron chi connectivity index (χ0n) is 11.8. The van der Waals surface area contributed by atoms with Gasteiger partial charge in [0.05, 0.1) is 12.2 Å². The number of benzene rings is 1. The van der Waals surface area contributed by atoms with Gasteiger partial charge in [-0.25, -0.2) is 4.39 Å². The monoisotopic (exact) mass is 358 g/mol. The Balaban J connectivity index is 1.91. The molecule has 1 amide bonds. The number of aliphatic hydroxyl groups excluding tert-OH is 1. The van der Waals surface area contributed by atoms with Gasteiger partial charge in [0, 0.05) is 23.7 Å². The number of hydrogen-bond donors (Lipinski definition) is 2. The fraction of sp³-hybridized carbons (Fsp3) is 0.533. The van der Waals surface area contributed by atoms with Crippen LogP contribution in [0.25, 0.3) is 0 Å². The lowest BCUT2D eigenvalue weighted by molar-refractivity contribution is -0.118. The number of carbonyl (C=O) groups is 1. The molecule has 0 saturated heterocycles. The number of nitrogens with one attached hydrogen (secondary N) is 1. The van der Waals surface area contributed by atoms with Gasteiger partial charge in [-0.15, -0.1) is 0 Å². The molecule has 2 rings (SSSR count). The van der Waals surface area contributed by atoms with E-state index in [-0.39, 0.29) is 24.7 Å². The van der Waals surface area contributed by atoms with Crippen molar-refractivity contribution in [1.82, 2.24) is 4.90 Å². The molecule has 0 spiro atoms. The summed E-state index contributed by atoms with van der Waals surface area (Å²) in [5.74, 6) is -0.677. The lowest BCUT2D eigenvalue weighted by atomic mass is 9.91. The van der Waals surface area contributed by atoms with Crippen LogP contribution in [0.2, 0.25) is 0 Å². The minimum Gasteiger partial charge on any atom is -0.396 e. The van der Waals surface area contributed by atoms with Gasteiger partial charge in [-0.3, -0.25) is 9.69 Å². The van der Waals surface area contributed by atoms with Crippen LogP contribution in [0.5, 0.6) is 0 Å². The van der Waals surface area contributed by atoms with Crippen LogP contribution in [0.3, 0.4) is 0 Å². The van der Waals surface area contributed by atoms with Crippen LogP contribution in [0.4, 0.5) is 10.1 Å². The molecule has 116 valence electrons. The molecule has 6 heteroatoms. The fourth-order valence-electron chi connectivity index (χ4n) is 2.38. The second-order valence-corrected chi connectivity index (χ2v) is 6.22. The molecule has 0 heterocycles. The van der Waals surface area contributed by atoms with Crippen molar-refractivity contribution in [2.24, 2.45) is 0 Å². The normalized spacial score (nSPS) is 15.0. The summed E-state index contributed by atoms with van der Waals surface area (Å²) in [6, 6.07) is 4.97. The molecule has 1 aromatic rings. The summed E-state index contributed by atoms with van der Waals surface area (Å²) in [4.78, 5) is 14.1. The van der Waals surface area contributed by atoms with Crippen molar-refractivity contribution >= 4 is 27.5 Å². The summed E-state index contributed by atoms with van der Waals surface area (Å²) in [6.45, 7) is 1.05. The summed E-state index contributed by atoms with van der Waals surface area (Å²) in [7, 11) is 0. The number of halogens is 2. The standard InChI is InChI=1S/C15H20BrFN2O2/c16-11-5-6-14(13(17)9-11)18-15(21)10-19(7-2-8-20)12-3-1-4-12/h5-6,9,12,20H,1-4,7-8,10H2,(H,18,21). The predicted molar refractivity (Wildman–Crippen MR) is 83.6 cm³/mol. The van der Waals surface area contributed by atoms with Crippen LogP contribution in [0.1, 0.15) is 25.7 Å². The van der Waals surface area contributed by atoms with Gasteiger partial charge in [-0.2, -0.15) is 0 Å². The van der Waals surface area contributed by atoms with E-state index in [1.54, 1.807) is 12.1 Å². The molecule has 0 aliphatic heterocycles. The van der Waals surface area contributed by atoms with Crippen molar-refractivity contribution in [3.05, 3.63) is 28.5 Å². The number of anilines is 1. The van der Waals surface area contributed by atoms with Crippen LogP contribution < -0.4 is 5.32 Å². The lowest BCUT2D eigenvalue weighted by Gasteiger charge is -2.37. The predicted octanol–water partition coefficient (Wildman–Crippen LogP) is 2.76. The average molecular weight is 359 g/mol. The summed E-state index contributed by atoms with van der Waals surface area (Å²) in [6.07, 6.45) is 4.01. The molecule has 0 aromatic heterocycles. The third-order valence-corrected chi connectivity index (χ3v) is 4.24. The van der Waals surface area contributed by atoms with E-state index >= 15 is 0 Å². The molecule has 2 N–H and O–H groups in total. The highest BCUT2D eigenvalue weighted by atomic mass is 79.9. The number of nitrogens with zero attached hydrogens (tertiary/aromatic N) is 1. The van der Waals surface area contributed by atoms with Gasteiger partial charge in [0.15, 0.2) is 0 Å². The second-order valence-electron chi connectivity index (χ2n) is 5.30. The summed E-state index contributed by atoms with van der Waals surface area (Å²) in [5.41, 5.74) is 0.193. The smallest absolute Gasteiger partial charge is 0.238 e. The number of aliphatic hydroxyl groups is 1. The van der Waals surface area contributed by atoms with E-state index in [2.05, 4.69) is 26.1 Å². The highest BCUT2D eigenvalue weighted by Gasteiger charge is 2.26. The van der Waals surface area contributed by atoms with E-state index in [9.17, 15) is 9.18 Å². The molecule has 0 radical (unpaired) electrons.